The molecule has 0 saturated carbocycles. The normalized spacial score (nSPS) is 20.8. The van der Waals surface area contributed by atoms with Gasteiger partial charge < -0.3 is 0 Å². The van der Waals surface area contributed by atoms with E-state index in [-0.39, 0.29) is 4.90 Å². The van der Waals surface area contributed by atoms with Gasteiger partial charge in [0.25, 0.3) is 0 Å². The summed E-state index contributed by atoms with van der Waals surface area (Å²) in [5, 5.41) is 8.88. The lowest BCUT2D eigenvalue weighted by molar-refractivity contribution is 0.463. The maximum atomic E-state index is 13.4. The molecule has 1 aliphatic heterocycles. The van der Waals surface area contributed by atoms with Crippen LogP contribution in [0.25, 0.3) is 0 Å². The molecular formula is C12H13FN2O2S. The first-order valence-corrected chi connectivity index (χ1v) is 7.09. The highest BCUT2D eigenvalue weighted by Crippen LogP contribution is 2.26. The molecule has 0 aliphatic carbocycles. The van der Waals surface area contributed by atoms with Crippen molar-refractivity contribution in [2.45, 2.75) is 18.2 Å². The average Bonchev–Trinajstić information content (AvgIpc) is 2.76. The highest BCUT2D eigenvalue weighted by atomic mass is 32.2. The molecule has 0 spiro atoms. The topological polar surface area (TPSA) is 61.2 Å². The minimum atomic E-state index is -3.77. The smallest absolute Gasteiger partial charge is 0.207 e. The van der Waals surface area contributed by atoms with Crippen molar-refractivity contribution in [2.24, 2.45) is 5.92 Å². The molecule has 1 unspecified atom stereocenters. The minimum absolute atomic E-state index is 0.237. The maximum absolute atomic E-state index is 13.4. The van der Waals surface area contributed by atoms with Crippen LogP contribution in [-0.4, -0.2) is 25.8 Å². The van der Waals surface area contributed by atoms with Gasteiger partial charge in [-0.1, -0.05) is 13.0 Å². The molecule has 18 heavy (non-hydrogen) atoms. The number of nitriles is 1. The van der Waals surface area contributed by atoms with Gasteiger partial charge in [0.1, 0.15) is 22.3 Å². The number of halogens is 1. The second-order valence-electron chi connectivity index (χ2n) is 4.48. The van der Waals surface area contributed by atoms with Crippen LogP contribution < -0.4 is 0 Å². The largest absolute Gasteiger partial charge is 0.244 e. The van der Waals surface area contributed by atoms with E-state index < -0.39 is 21.4 Å². The van der Waals surface area contributed by atoms with E-state index >= 15 is 0 Å². The van der Waals surface area contributed by atoms with Gasteiger partial charge in [0.05, 0.1) is 0 Å². The SMILES string of the molecule is CC1CCN(S(=O)(=O)c2cccc(F)c2C#N)C1. The first-order chi connectivity index (χ1) is 8.46. The summed E-state index contributed by atoms with van der Waals surface area (Å²) in [4.78, 5) is -0.237. The van der Waals surface area contributed by atoms with Gasteiger partial charge in [0.2, 0.25) is 10.0 Å². The maximum Gasteiger partial charge on any atom is 0.244 e. The van der Waals surface area contributed by atoms with Crippen LogP contribution in [0.4, 0.5) is 4.39 Å². The van der Waals surface area contributed by atoms with Crippen molar-refractivity contribution >= 4 is 10.0 Å². The Balaban J connectivity index is 2.49. The molecule has 1 heterocycles. The summed E-state index contributed by atoms with van der Waals surface area (Å²) in [7, 11) is -3.77. The fourth-order valence-corrected chi connectivity index (χ4v) is 3.81. The molecule has 1 aliphatic rings. The van der Waals surface area contributed by atoms with Crippen molar-refractivity contribution in [1.82, 2.24) is 4.31 Å². The van der Waals surface area contributed by atoms with Crippen LogP contribution in [0.2, 0.25) is 0 Å². The van der Waals surface area contributed by atoms with E-state index in [1.165, 1.54) is 16.4 Å². The number of benzene rings is 1. The summed E-state index contributed by atoms with van der Waals surface area (Å²) < 4.78 is 39.4. The van der Waals surface area contributed by atoms with E-state index in [2.05, 4.69) is 0 Å². The highest BCUT2D eigenvalue weighted by molar-refractivity contribution is 7.89. The summed E-state index contributed by atoms with van der Waals surface area (Å²) in [6.07, 6.45) is 0.788. The number of sulfonamides is 1. The molecule has 2 rings (SSSR count). The first kappa shape index (κ1) is 13.0. The van der Waals surface area contributed by atoms with Gasteiger partial charge in [0, 0.05) is 13.1 Å². The standard InChI is InChI=1S/C12H13FN2O2S/c1-9-5-6-15(8-9)18(16,17)12-4-2-3-11(13)10(12)7-14/h2-4,9H,5-6,8H2,1H3. The lowest BCUT2D eigenvalue weighted by Gasteiger charge is -2.16. The third-order valence-corrected chi connectivity index (χ3v) is 5.00. The number of hydrogen-bond acceptors (Lipinski definition) is 3. The Bertz CT molecular complexity index is 607. The second kappa shape index (κ2) is 4.67. The van der Waals surface area contributed by atoms with Gasteiger partial charge in [-0.2, -0.15) is 9.57 Å². The predicted octanol–water partition coefficient (Wildman–Crippen LogP) is 1.73. The number of rotatable bonds is 2. The van der Waals surface area contributed by atoms with Crippen LogP contribution in [0, 0.1) is 23.1 Å². The number of hydrogen-bond donors (Lipinski definition) is 0. The van der Waals surface area contributed by atoms with E-state index in [1.807, 2.05) is 6.92 Å². The van der Waals surface area contributed by atoms with Crippen LogP contribution in [0.3, 0.4) is 0 Å². The molecule has 1 aromatic rings. The van der Waals surface area contributed by atoms with Crippen molar-refractivity contribution < 1.29 is 12.8 Å². The molecule has 1 saturated heterocycles. The molecule has 0 amide bonds. The van der Waals surface area contributed by atoms with Crippen molar-refractivity contribution in [1.29, 1.82) is 5.26 Å². The third kappa shape index (κ3) is 2.11. The zero-order valence-electron chi connectivity index (χ0n) is 9.93. The Morgan fingerprint density at radius 3 is 2.78 bits per heavy atom. The predicted molar refractivity (Wildman–Crippen MR) is 63.7 cm³/mol. The fraction of sp³-hybridized carbons (Fsp3) is 0.417. The zero-order chi connectivity index (χ0) is 13.3. The van der Waals surface area contributed by atoms with Crippen LogP contribution in [0.15, 0.2) is 23.1 Å². The van der Waals surface area contributed by atoms with E-state index in [4.69, 9.17) is 5.26 Å². The Morgan fingerprint density at radius 1 is 1.50 bits per heavy atom. The van der Waals surface area contributed by atoms with Crippen molar-refractivity contribution in [2.75, 3.05) is 13.1 Å². The molecular weight excluding hydrogens is 255 g/mol. The van der Waals surface area contributed by atoms with Gasteiger partial charge in [-0.3, -0.25) is 0 Å². The summed E-state index contributed by atoms with van der Waals surface area (Å²) in [5.41, 5.74) is -0.406. The molecule has 1 fully saturated rings. The van der Waals surface area contributed by atoms with E-state index in [9.17, 15) is 12.8 Å². The van der Waals surface area contributed by atoms with Crippen molar-refractivity contribution in [3.63, 3.8) is 0 Å². The molecule has 96 valence electrons. The molecule has 0 N–H and O–H groups in total. The van der Waals surface area contributed by atoms with E-state index in [1.54, 1.807) is 6.07 Å². The average molecular weight is 268 g/mol. The van der Waals surface area contributed by atoms with E-state index in [0.717, 1.165) is 12.5 Å². The van der Waals surface area contributed by atoms with E-state index in [0.29, 0.717) is 19.0 Å². The second-order valence-corrected chi connectivity index (χ2v) is 6.39. The van der Waals surface area contributed by atoms with Gasteiger partial charge in [-0.15, -0.1) is 0 Å². The minimum Gasteiger partial charge on any atom is -0.207 e. The van der Waals surface area contributed by atoms with Gasteiger partial charge in [-0.05, 0) is 24.5 Å². The van der Waals surface area contributed by atoms with Crippen LogP contribution >= 0.6 is 0 Å². The lowest BCUT2D eigenvalue weighted by atomic mass is 10.2. The molecule has 0 aromatic heterocycles. The quantitative estimate of drug-likeness (QED) is 0.820. The summed E-state index contributed by atoms with van der Waals surface area (Å²) in [6.45, 7) is 2.81. The van der Waals surface area contributed by atoms with Gasteiger partial charge in [0.15, 0.2) is 0 Å². The third-order valence-electron chi connectivity index (χ3n) is 3.09. The van der Waals surface area contributed by atoms with Gasteiger partial charge in [-0.25, -0.2) is 12.8 Å². The molecule has 1 atom stereocenters. The summed E-state index contributed by atoms with van der Waals surface area (Å²) >= 11 is 0. The summed E-state index contributed by atoms with van der Waals surface area (Å²) in [6, 6.07) is 5.30. The van der Waals surface area contributed by atoms with Crippen molar-refractivity contribution in [3.8, 4) is 6.07 Å². The fourth-order valence-electron chi connectivity index (χ4n) is 2.08. The monoisotopic (exact) mass is 268 g/mol. The summed E-state index contributed by atoms with van der Waals surface area (Å²) in [5.74, 6) is -0.510. The Kier molecular flexibility index (Phi) is 3.37. The Morgan fingerprint density at radius 2 is 2.22 bits per heavy atom. The first-order valence-electron chi connectivity index (χ1n) is 5.65. The van der Waals surface area contributed by atoms with Crippen molar-refractivity contribution in [3.05, 3.63) is 29.6 Å². The van der Waals surface area contributed by atoms with Crippen LogP contribution in [-0.2, 0) is 10.0 Å². The lowest BCUT2D eigenvalue weighted by Crippen LogP contribution is -2.29. The van der Waals surface area contributed by atoms with Crippen LogP contribution in [0.5, 0.6) is 0 Å². The molecule has 4 nitrogen and oxygen atoms in total. The molecule has 1 aromatic carbocycles. The molecule has 0 bridgehead atoms. The van der Waals surface area contributed by atoms with Crippen LogP contribution in [0.1, 0.15) is 18.9 Å². The van der Waals surface area contributed by atoms with Gasteiger partial charge >= 0.3 is 0 Å². The highest BCUT2D eigenvalue weighted by Gasteiger charge is 2.32. The zero-order valence-corrected chi connectivity index (χ0v) is 10.7. The Labute approximate surface area is 106 Å². The Hall–Kier alpha value is -1.45. The molecule has 0 radical (unpaired) electrons. The number of nitrogens with zero attached hydrogens (tertiary/aromatic N) is 2. The molecule has 6 heteroatoms.